The molecule has 0 saturated carbocycles. The monoisotopic (exact) mass is 322 g/mol. The number of aryl methyl sites for hydroxylation is 1. The molecule has 0 aromatic heterocycles. The molecule has 3 nitrogen and oxygen atoms in total. The summed E-state index contributed by atoms with van der Waals surface area (Å²) < 4.78 is 37.3. The molecule has 0 atom stereocenters. The van der Waals surface area contributed by atoms with Crippen molar-refractivity contribution in [2.24, 2.45) is 0 Å². The topological polar surface area (TPSA) is 41.1 Å². The van der Waals surface area contributed by atoms with Gasteiger partial charge in [-0.15, -0.1) is 0 Å². The van der Waals surface area contributed by atoms with E-state index in [4.69, 9.17) is 0 Å². The van der Waals surface area contributed by atoms with Crippen LogP contribution in [0.1, 0.15) is 22.3 Å². The van der Waals surface area contributed by atoms with E-state index in [-0.39, 0.29) is 12.6 Å². The van der Waals surface area contributed by atoms with Crippen molar-refractivity contribution in [2.45, 2.75) is 26.2 Å². The average Bonchev–Trinajstić information content (AvgIpc) is 2.50. The minimum atomic E-state index is -4.35. The van der Waals surface area contributed by atoms with Crippen molar-refractivity contribution < 1.29 is 18.0 Å². The Morgan fingerprint density at radius 1 is 0.957 bits per heavy atom. The van der Waals surface area contributed by atoms with E-state index in [1.807, 2.05) is 31.2 Å². The van der Waals surface area contributed by atoms with Gasteiger partial charge in [-0.1, -0.05) is 42.0 Å². The molecule has 2 aromatic rings. The SMILES string of the molecule is Cc1cccc(CNC(=O)NCc2ccc(C(F)(F)F)cc2)c1. The van der Waals surface area contributed by atoms with E-state index in [1.54, 1.807) is 0 Å². The number of amides is 2. The third-order valence-corrected chi connectivity index (χ3v) is 3.27. The van der Waals surface area contributed by atoms with Gasteiger partial charge in [0.1, 0.15) is 0 Å². The molecule has 0 unspecified atom stereocenters. The standard InChI is InChI=1S/C17H17F3N2O/c1-12-3-2-4-14(9-12)11-22-16(23)21-10-13-5-7-15(8-6-13)17(18,19)20/h2-9H,10-11H2,1H3,(H2,21,22,23). The van der Waals surface area contributed by atoms with Crippen LogP contribution in [0.5, 0.6) is 0 Å². The zero-order valence-corrected chi connectivity index (χ0v) is 12.6. The van der Waals surface area contributed by atoms with Crippen molar-refractivity contribution in [2.75, 3.05) is 0 Å². The Morgan fingerprint density at radius 3 is 2.13 bits per heavy atom. The van der Waals surface area contributed by atoms with Crippen molar-refractivity contribution in [3.63, 3.8) is 0 Å². The first-order valence-corrected chi connectivity index (χ1v) is 7.08. The fourth-order valence-corrected chi connectivity index (χ4v) is 2.06. The van der Waals surface area contributed by atoms with Gasteiger partial charge < -0.3 is 10.6 Å². The maximum absolute atomic E-state index is 12.4. The van der Waals surface area contributed by atoms with E-state index in [9.17, 15) is 18.0 Å². The fourth-order valence-electron chi connectivity index (χ4n) is 2.06. The molecule has 2 aromatic carbocycles. The predicted molar refractivity (Wildman–Crippen MR) is 81.7 cm³/mol. The highest BCUT2D eigenvalue weighted by atomic mass is 19.4. The highest BCUT2D eigenvalue weighted by Crippen LogP contribution is 2.28. The molecule has 0 radical (unpaired) electrons. The smallest absolute Gasteiger partial charge is 0.334 e. The van der Waals surface area contributed by atoms with Gasteiger partial charge in [0.2, 0.25) is 0 Å². The number of urea groups is 1. The molecule has 0 aliphatic rings. The summed E-state index contributed by atoms with van der Waals surface area (Å²) in [6.45, 7) is 2.52. The van der Waals surface area contributed by atoms with Crippen LogP contribution < -0.4 is 10.6 Å². The van der Waals surface area contributed by atoms with Crippen molar-refractivity contribution in [1.29, 1.82) is 0 Å². The number of carbonyl (C=O) groups excluding carboxylic acids is 1. The van der Waals surface area contributed by atoms with E-state index >= 15 is 0 Å². The molecule has 122 valence electrons. The number of nitrogens with one attached hydrogen (secondary N) is 2. The Kier molecular flexibility index (Phi) is 5.26. The third-order valence-electron chi connectivity index (χ3n) is 3.27. The summed E-state index contributed by atoms with van der Waals surface area (Å²) >= 11 is 0. The molecule has 2 N–H and O–H groups in total. The molecule has 2 rings (SSSR count). The number of benzene rings is 2. The van der Waals surface area contributed by atoms with Crippen LogP contribution in [0.4, 0.5) is 18.0 Å². The zero-order valence-electron chi connectivity index (χ0n) is 12.6. The normalized spacial score (nSPS) is 11.1. The first-order chi connectivity index (χ1) is 10.8. The first kappa shape index (κ1) is 16.9. The molecule has 0 aliphatic heterocycles. The van der Waals surface area contributed by atoms with Crippen molar-refractivity contribution >= 4 is 6.03 Å². The molecule has 2 amide bonds. The van der Waals surface area contributed by atoms with E-state index in [2.05, 4.69) is 10.6 Å². The number of hydrogen-bond donors (Lipinski definition) is 2. The van der Waals surface area contributed by atoms with Crippen molar-refractivity contribution in [3.05, 3.63) is 70.8 Å². The van der Waals surface area contributed by atoms with Gasteiger partial charge in [-0.3, -0.25) is 0 Å². The van der Waals surface area contributed by atoms with Gasteiger partial charge in [0.25, 0.3) is 0 Å². The van der Waals surface area contributed by atoms with Crippen LogP contribution in [0.3, 0.4) is 0 Å². The maximum atomic E-state index is 12.4. The van der Waals surface area contributed by atoms with Gasteiger partial charge in [-0.25, -0.2) is 4.79 Å². The van der Waals surface area contributed by atoms with Crippen LogP contribution >= 0.6 is 0 Å². The van der Waals surface area contributed by atoms with Crippen LogP contribution in [0, 0.1) is 6.92 Å². The molecule has 0 heterocycles. The fraction of sp³-hybridized carbons (Fsp3) is 0.235. The van der Waals surface area contributed by atoms with Crippen LogP contribution in [0.25, 0.3) is 0 Å². The summed E-state index contributed by atoms with van der Waals surface area (Å²) in [7, 11) is 0. The Balaban J connectivity index is 1.80. The zero-order chi connectivity index (χ0) is 16.9. The first-order valence-electron chi connectivity index (χ1n) is 7.08. The van der Waals surface area contributed by atoms with Gasteiger partial charge in [0.15, 0.2) is 0 Å². The average molecular weight is 322 g/mol. The Bertz CT molecular complexity index is 666. The second-order valence-corrected chi connectivity index (χ2v) is 5.22. The number of halogens is 3. The lowest BCUT2D eigenvalue weighted by Gasteiger charge is -2.10. The third kappa shape index (κ3) is 5.32. The highest BCUT2D eigenvalue weighted by Gasteiger charge is 2.29. The van der Waals surface area contributed by atoms with Gasteiger partial charge in [0.05, 0.1) is 5.56 Å². The number of alkyl halides is 3. The van der Waals surface area contributed by atoms with E-state index in [1.165, 1.54) is 12.1 Å². The Hall–Kier alpha value is -2.50. The number of rotatable bonds is 4. The molecule has 0 fully saturated rings. The lowest BCUT2D eigenvalue weighted by molar-refractivity contribution is -0.137. The lowest BCUT2D eigenvalue weighted by atomic mass is 10.1. The number of carbonyl (C=O) groups is 1. The molecular weight excluding hydrogens is 305 g/mol. The number of hydrogen-bond acceptors (Lipinski definition) is 1. The molecular formula is C17H17F3N2O. The Labute approximate surface area is 132 Å². The minimum Gasteiger partial charge on any atom is -0.334 e. The largest absolute Gasteiger partial charge is 0.416 e. The van der Waals surface area contributed by atoms with Gasteiger partial charge >= 0.3 is 12.2 Å². The van der Waals surface area contributed by atoms with E-state index in [0.29, 0.717) is 12.1 Å². The molecule has 0 aliphatic carbocycles. The second kappa shape index (κ2) is 7.17. The van der Waals surface area contributed by atoms with Gasteiger partial charge in [0, 0.05) is 13.1 Å². The molecule has 0 bridgehead atoms. The quantitative estimate of drug-likeness (QED) is 0.877. The molecule has 0 saturated heterocycles. The van der Waals surface area contributed by atoms with E-state index < -0.39 is 11.7 Å². The molecule has 23 heavy (non-hydrogen) atoms. The second-order valence-electron chi connectivity index (χ2n) is 5.22. The summed E-state index contributed by atoms with van der Waals surface area (Å²) in [4.78, 5) is 11.7. The predicted octanol–water partition coefficient (Wildman–Crippen LogP) is 4.01. The summed E-state index contributed by atoms with van der Waals surface area (Å²) in [5.41, 5.74) is 1.98. The summed E-state index contributed by atoms with van der Waals surface area (Å²) in [5, 5.41) is 5.31. The van der Waals surface area contributed by atoms with Crippen LogP contribution in [-0.2, 0) is 19.3 Å². The van der Waals surface area contributed by atoms with Gasteiger partial charge in [-0.2, -0.15) is 13.2 Å². The molecule has 6 heteroatoms. The maximum Gasteiger partial charge on any atom is 0.416 e. The van der Waals surface area contributed by atoms with Crippen LogP contribution in [0.15, 0.2) is 48.5 Å². The van der Waals surface area contributed by atoms with Gasteiger partial charge in [-0.05, 0) is 30.2 Å². The summed E-state index contributed by atoms with van der Waals surface area (Å²) in [6, 6.07) is 12.1. The molecule has 0 spiro atoms. The van der Waals surface area contributed by atoms with E-state index in [0.717, 1.165) is 23.3 Å². The van der Waals surface area contributed by atoms with Crippen LogP contribution in [0.2, 0.25) is 0 Å². The van der Waals surface area contributed by atoms with Crippen LogP contribution in [-0.4, -0.2) is 6.03 Å². The summed E-state index contributed by atoms with van der Waals surface area (Å²) in [6.07, 6.45) is -4.35. The Morgan fingerprint density at radius 2 is 1.57 bits per heavy atom. The van der Waals surface area contributed by atoms with Crippen molar-refractivity contribution in [3.8, 4) is 0 Å². The van der Waals surface area contributed by atoms with Crippen molar-refractivity contribution in [1.82, 2.24) is 10.6 Å². The highest BCUT2D eigenvalue weighted by molar-refractivity contribution is 5.73. The lowest BCUT2D eigenvalue weighted by Crippen LogP contribution is -2.34. The minimum absolute atomic E-state index is 0.164. The summed E-state index contributed by atoms with van der Waals surface area (Å²) in [5.74, 6) is 0.